The zero-order chi connectivity index (χ0) is 37.2. The summed E-state index contributed by atoms with van der Waals surface area (Å²) in [7, 11) is 17.8. The summed E-state index contributed by atoms with van der Waals surface area (Å²) >= 11 is -4.90. The fourth-order valence-electron chi connectivity index (χ4n) is 9.89. The van der Waals surface area contributed by atoms with Crippen molar-refractivity contribution in [2.24, 2.45) is 5.92 Å². The second-order valence-electron chi connectivity index (χ2n) is 18.6. The molecule has 2 atom stereocenters. The van der Waals surface area contributed by atoms with Crippen LogP contribution < -0.4 is 0 Å². The molecule has 4 aromatic carbocycles. The number of halogens is 2. The molecule has 0 amide bonds. The molecule has 1 saturated carbocycles. The van der Waals surface area contributed by atoms with Crippen LogP contribution in [0.1, 0.15) is 128 Å². The van der Waals surface area contributed by atoms with Gasteiger partial charge in [0.05, 0.1) is 0 Å². The van der Waals surface area contributed by atoms with Crippen molar-refractivity contribution in [2.75, 3.05) is 0 Å². The average molecular weight is 826 g/mol. The summed E-state index contributed by atoms with van der Waals surface area (Å²) in [5.74, 6) is -1.11. The van der Waals surface area contributed by atoms with E-state index in [0.29, 0.717) is 5.92 Å². The van der Waals surface area contributed by atoms with Crippen molar-refractivity contribution in [3.8, 4) is 22.3 Å². The predicted octanol–water partition coefficient (Wildman–Crippen LogP) is 15.2. The zero-order valence-electron chi connectivity index (χ0n) is 33.0. The Bertz CT molecular complexity index is 2030. The topological polar surface area (TPSA) is 0 Å². The van der Waals surface area contributed by atoms with Gasteiger partial charge in [0, 0.05) is 0 Å². The van der Waals surface area contributed by atoms with Gasteiger partial charge in [-0.2, -0.15) is 0 Å². The summed E-state index contributed by atoms with van der Waals surface area (Å²) in [6.07, 6.45) is 12.5. The molecule has 4 aromatic rings. The van der Waals surface area contributed by atoms with Crippen LogP contribution in [0.25, 0.3) is 34.4 Å². The maximum absolute atomic E-state index is 8.88. The average Bonchev–Trinajstić information content (AvgIpc) is 3.72. The summed E-state index contributed by atoms with van der Waals surface area (Å²) in [4.78, 5) is 0. The zero-order valence-corrected chi connectivity index (χ0v) is 38.2. The van der Waals surface area contributed by atoms with E-state index in [2.05, 4.69) is 159 Å². The molecule has 0 nitrogen and oxygen atoms in total. The third kappa shape index (κ3) is 6.48. The Morgan fingerprint density at radius 1 is 0.615 bits per heavy atom. The molecule has 3 aliphatic rings. The standard InChI is InChI=1S/C25H29.C21H23.C2H7Si.2ClH.Zr/c1-25(2,3)22-14-12-19(13-15-22)23-11-7-10-20-16-21(17-24(20)23)18-8-5-4-6-9-18;1-5-15-13-17-7-6-8-19(20(17)14-15)16-9-11-18(12-10-16)21(2,3)4;1-3-2;;;/h7,10-18H,4-6,8-9H2,1-3H3;6-14H,5H2,1-4H3;3H,1-2H3;2*1H;/q;;;;;+2/p-2. The van der Waals surface area contributed by atoms with Crippen molar-refractivity contribution in [1.82, 2.24) is 0 Å². The molecule has 0 N–H and O–H groups in total. The fraction of sp³-hybridized carbons (Fsp3) is 0.417. The van der Waals surface area contributed by atoms with Crippen LogP contribution in [0.4, 0.5) is 0 Å². The van der Waals surface area contributed by atoms with Gasteiger partial charge in [-0.3, -0.25) is 0 Å². The number of rotatable bonds is 7. The van der Waals surface area contributed by atoms with Crippen LogP contribution >= 0.6 is 17.0 Å². The number of benzene rings is 4. The molecule has 0 heterocycles. The Morgan fingerprint density at radius 2 is 1.08 bits per heavy atom. The Labute approximate surface area is 323 Å². The van der Waals surface area contributed by atoms with Crippen LogP contribution in [0.3, 0.4) is 0 Å². The van der Waals surface area contributed by atoms with Crippen molar-refractivity contribution < 1.29 is 15.6 Å². The van der Waals surface area contributed by atoms with Gasteiger partial charge in [0.25, 0.3) is 0 Å². The fourth-order valence-corrected chi connectivity index (χ4v) is 41.3. The molecule has 2 unspecified atom stereocenters. The van der Waals surface area contributed by atoms with Gasteiger partial charge >= 0.3 is 326 Å². The second-order valence-corrected chi connectivity index (χ2v) is 61.1. The van der Waals surface area contributed by atoms with Crippen molar-refractivity contribution >= 4 is 35.1 Å². The Hall–Kier alpha value is -1.96. The Morgan fingerprint density at radius 3 is 1.52 bits per heavy atom. The van der Waals surface area contributed by atoms with Gasteiger partial charge in [-0.05, 0) is 0 Å². The van der Waals surface area contributed by atoms with Gasteiger partial charge in [0.1, 0.15) is 0 Å². The molecule has 0 bridgehead atoms. The minimum absolute atomic E-state index is 0.114. The third-order valence-corrected chi connectivity index (χ3v) is 64.8. The number of fused-ring (bicyclic) bond motifs is 2. The first-order valence-electron chi connectivity index (χ1n) is 20.0. The first kappa shape index (κ1) is 38.3. The van der Waals surface area contributed by atoms with Crippen LogP contribution in [-0.4, -0.2) is 5.92 Å². The summed E-state index contributed by atoms with van der Waals surface area (Å²) in [6, 6.07) is 32.6. The molecule has 1 fully saturated rings. The summed E-state index contributed by atoms with van der Waals surface area (Å²) in [5, 5.41) is 0. The van der Waals surface area contributed by atoms with E-state index in [-0.39, 0.29) is 18.1 Å². The van der Waals surface area contributed by atoms with Crippen LogP contribution in [0.15, 0.2) is 96.1 Å². The number of allylic oxidation sites excluding steroid dienone is 2. The second kappa shape index (κ2) is 14.0. The number of hydrogen-bond donors (Lipinski definition) is 0. The van der Waals surface area contributed by atoms with E-state index in [0.717, 1.165) is 6.42 Å². The van der Waals surface area contributed by atoms with Gasteiger partial charge in [-0.15, -0.1) is 0 Å². The van der Waals surface area contributed by atoms with Crippen molar-refractivity contribution in [3.63, 3.8) is 0 Å². The predicted molar refractivity (Wildman–Crippen MR) is 230 cm³/mol. The van der Waals surface area contributed by atoms with Gasteiger partial charge < -0.3 is 0 Å². The molecule has 7 rings (SSSR count). The molecule has 273 valence electrons. The quantitative estimate of drug-likeness (QED) is 0.163. The van der Waals surface area contributed by atoms with E-state index in [9.17, 15) is 0 Å². The Balaban J connectivity index is 1.41. The number of hydrogen-bond acceptors (Lipinski definition) is 0. The first-order valence-corrected chi connectivity index (χ1v) is 36.3. The monoisotopic (exact) mass is 823 g/mol. The molecule has 3 aliphatic carbocycles. The van der Waals surface area contributed by atoms with Crippen LogP contribution in [0.5, 0.6) is 0 Å². The van der Waals surface area contributed by atoms with E-state index in [1.54, 1.807) is 5.57 Å². The van der Waals surface area contributed by atoms with Crippen LogP contribution in [0.2, 0.25) is 13.1 Å². The van der Waals surface area contributed by atoms with Crippen molar-refractivity contribution in [1.29, 1.82) is 0 Å². The van der Waals surface area contributed by atoms with E-state index < -0.39 is 21.5 Å². The molecule has 52 heavy (non-hydrogen) atoms. The molecular weight excluding hydrogens is 767 g/mol. The summed E-state index contributed by atoms with van der Waals surface area (Å²) < 4.78 is 0.242. The molecule has 0 radical (unpaired) electrons. The van der Waals surface area contributed by atoms with Gasteiger partial charge in [0.15, 0.2) is 0 Å². The molecule has 0 aromatic heterocycles. The SMILES string of the molecule is CCC1=Cc2c(-c3ccc(C(C)(C)C)cc3)cccc2[CH]1[Zr]([Cl])([Cl])([CH]1C(C2CCCCC2)=Cc2c(-c3ccc(C(C)(C)C)cc3)cccc21)[SiH](C)C. The van der Waals surface area contributed by atoms with Gasteiger partial charge in [0.2, 0.25) is 0 Å². The molecular formula is C48H59Cl2SiZr. The van der Waals surface area contributed by atoms with Crippen LogP contribution in [0, 0.1) is 5.92 Å². The first-order chi connectivity index (χ1) is 24.5. The van der Waals surface area contributed by atoms with E-state index in [1.165, 1.54) is 93.3 Å². The van der Waals surface area contributed by atoms with Crippen molar-refractivity contribution in [2.45, 2.75) is 118 Å². The molecule has 4 heteroatoms. The van der Waals surface area contributed by atoms with Gasteiger partial charge in [-0.1, -0.05) is 0 Å². The van der Waals surface area contributed by atoms with Crippen LogP contribution in [-0.2, 0) is 26.4 Å². The summed E-state index contributed by atoms with van der Waals surface area (Å²) in [5.41, 5.74) is 16.7. The Kier molecular flexibility index (Phi) is 10.3. The van der Waals surface area contributed by atoms with E-state index >= 15 is 0 Å². The minimum atomic E-state index is -4.90. The normalized spacial score (nSPS) is 20.3. The molecule has 0 aliphatic heterocycles. The third-order valence-electron chi connectivity index (χ3n) is 13.1. The maximum atomic E-state index is 8.88. The molecule has 0 saturated heterocycles. The molecule has 0 spiro atoms. The summed E-state index contributed by atoms with van der Waals surface area (Å²) in [6.45, 7) is 21.1. The van der Waals surface area contributed by atoms with Crippen molar-refractivity contribution in [3.05, 3.63) is 129 Å². The van der Waals surface area contributed by atoms with E-state index in [4.69, 9.17) is 17.0 Å². The van der Waals surface area contributed by atoms with E-state index in [1.807, 2.05) is 0 Å². The van der Waals surface area contributed by atoms with Gasteiger partial charge in [-0.25, -0.2) is 0 Å².